The van der Waals surface area contributed by atoms with Gasteiger partial charge in [-0.05, 0) is 28.1 Å². The molecule has 0 bridgehead atoms. The van der Waals surface area contributed by atoms with Crippen LogP contribution < -0.4 is 0 Å². The minimum atomic E-state index is 0.805. The van der Waals surface area contributed by atoms with Crippen molar-refractivity contribution in [3.8, 4) is 11.3 Å². The van der Waals surface area contributed by atoms with Gasteiger partial charge in [-0.1, -0.05) is 28.1 Å². The Morgan fingerprint density at radius 3 is 2.23 bits per heavy atom. The third-order valence-corrected chi connectivity index (χ3v) is 3.41. The molecular weight excluding hydrogens is 316 g/mol. The lowest BCUT2D eigenvalue weighted by molar-refractivity contribution is 1.44. The first kappa shape index (κ1) is 9.30. The summed E-state index contributed by atoms with van der Waals surface area (Å²) in [6, 6.07) is 7.99. The normalized spacial score (nSPS) is 10.3. The summed E-state index contributed by atoms with van der Waals surface area (Å²) in [6.45, 7) is 0. The van der Waals surface area contributed by atoms with Crippen LogP contribution in [0, 0.1) is 0 Å². The Balaban J connectivity index is 2.47. The molecule has 0 aliphatic heterocycles. The van der Waals surface area contributed by atoms with E-state index in [2.05, 4.69) is 40.6 Å². The minimum absolute atomic E-state index is 0.805. The minimum Gasteiger partial charge on any atom is -0.172 e. The average Bonchev–Trinajstić information content (AvgIpc) is 2.53. The van der Waals surface area contributed by atoms with E-state index in [-0.39, 0.29) is 0 Å². The van der Waals surface area contributed by atoms with Gasteiger partial charge < -0.3 is 0 Å². The second-order valence-corrected chi connectivity index (χ2v) is 4.61. The van der Waals surface area contributed by atoms with Crippen LogP contribution in [0.4, 0.5) is 0 Å². The summed E-state index contributed by atoms with van der Waals surface area (Å²) in [6.07, 6.45) is 0. The molecule has 0 aliphatic carbocycles. The topological polar surface area (TPSA) is 25.8 Å². The predicted molar refractivity (Wildman–Crippen MR) is 60.7 cm³/mol. The summed E-state index contributed by atoms with van der Waals surface area (Å²) < 4.78 is 10.1. The highest BCUT2D eigenvalue weighted by Gasteiger charge is 2.06. The molecule has 0 amide bonds. The van der Waals surface area contributed by atoms with Gasteiger partial charge in [0.15, 0.2) is 0 Å². The number of nitrogens with zero attached hydrogens (tertiary/aromatic N) is 2. The molecule has 0 atom stereocenters. The van der Waals surface area contributed by atoms with Crippen LogP contribution in [0.3, 0.4) is 0 Å². The first-order valence-electron chi connectivity index (χ1n) is 3.51. The smallest absolute Gasteiger partial charge is 0.147 e. The van der Waals surface area contributed by atoms with Crippen molar-refractivity contribution in [2.45, 2.75) is 0 Å². The maximum absolute atomic E-state index is 4.18. The van der Waals surface area contributed by atoms with Crippen molar-refractivity contribution in [3.63, 3.8) is 0 Å². The van der Waals surface area contributed by atoms with E-state index in [9.17, 15) is 0 Å². The molecule has 0 aliphatic rings. The predicted octanol–water partition coefficient (Wildman–Crippen LogP) is 3.73. The van der Waals surface area contributed by atoms with Gasteiger partial charge in [0.25, 0.3) is 0 Å². The lowest BCUT2D eigenvalue weighted by Gasteiger charge is -1.96. The molecule has 2 rings (SSSR count). The molecule has 0 unspecified atom stereocenters. The molecule has 0 N–H and O–H groups in total. The number of hydrogen-bond acceptors (Lipinski definition) is 3. The highest BCUT2D eigenvalue weighted by atomic mass is 79.9. The van der Waals surface area contributed by atoms with Gasteiger partial charge in [0, 0.05) is 10.0 Å². The van der Waals surface area contributed by atoms with E-state index in [1.807, 2.05) is 24.3 Å². The number of benzene rings is 1. The molecule has 13 heavy (non-hydrogen) atoms. The molecule has 0 fully saturated rings. The highest BCUT2D eigenvalue weighted by molar-refractivity contribution is 9.10. The van der Waals surface area contributed by atoms with Crippen LogP contribution in [0.5, 0.6) is 0 Å². The Morgan fingerprint density at radius 1 is 1.00 bits per heavy atom. The van der Waals surface area contributed by atoms with E-state index in [0.29, 0.717) is 0 Å². The molecule has 0 radical (unpaired) electrons. The van der Waals surface area contributed by atoms with Crippen molar-refractivity contribution >= 4 is 43.6 Å². The number of hydrogen-bond donors (Lipinski definition) is 0. The standard InChI is InChI=1S/C8H4Br2N2S/c9-6-3-1-5(2-4-6)7-8(10)12-13-11-7/h1-4H. The summed E-state index contributed by atoms with van der Waals surface area (Å²) >= 11 is 7.94. The second-order valence-electron chi connectivity index (χ2n) is 2.41. The summed E-state index contributed by atoms with van der Waals surface area (Å²) in [5, 5.41) is 0. The van der Waals surface area contributed by atoms with Gasteiger partial charge in [-0.2, -0.15) is 8.75 Å². The van der Waals surface area contributed by atoms with Crippen molar-refractivity contribution in [2.24, 2.45) is 0 Å². The third-order valence-electron chi connectivity index (χ3n) is 1.57. The van der Waals surface area contributed by atoms with Gasteiger partial charge in [-0.25, -0.2) is 0 Å². The van der Waals surface area contributed by atoms with E-state index in [1.165, 1.54) is 11.7 Å². The van der Waals surface area contributed by atoms with E-state index in [4.69, 9.17) is 0 Å². The average molecular weight is 320 g/mol. The van der Waals surface area contributed by atoms with Crippen LogP contribution in [-0.4, -0.2) is 8.75 Å². The van der Waals surface area contributed by atoms with Gasteiger partial charge in [-0.3, -0.25) is 0 Å². The molecule has 1 aromatic carbocycles. The van der Waals surface area contributed by atoms with Crippen LogP contribution in [-0.2, 0) is 0 Å². The quantitative estimate of drug-likeness (QED) is 0.800. The van der Waals surface area contributed by atoms with Crippen molar-refractivity contribution in [1.29, 1.82) is 0 Å². The Hall–Kier alpha value is -0.260. The largest absolute Gasteiger partial charge is 0.172 e. The fourth-order valence-corrected chi connectivity index (χ4v) is 2.32. The van der Waals surface area contributed by atoms with E-state index in [0.717, 1.165) is 20.3 Å². The zero-order valence-corrected chi connectivity index (χ0v) is 10.4. The first-order valence-corrected chi connectivity index (χ1v) is 5.83. The van der Waals surface area contributed by atoms with E-state index in [1.54, 1.807) is 0 Å². The summed E-state index contributed by atoms with van der Waals surface area (Å²) in [4.78, 5) is 0. The number of halogens is 2. The van der Waals surface area contributed by atoms with Gasteiger partial charge >= 0.3 is 0 Å². The maximum Gasteiger partial charge on any atom is 0.147 e. The van der Waals surface area contributed by atoms with Crippen LogP contribution in [0.25, 0.3) is 11.3 Å². The van der Waals surface area contributed by atoms with Crippen LogP contribution in [0.1, 0.15) is 0 Å². The fourth-order valence-electron chi connectivity index (χ4n) is 0.958. The molecule has 2 aromatic rings. The number of rotatable bonds is 1. The van der Waals surface area contributed by atoms with Gasteiger partial charge in [0.05, 0.1) is 11.7 Å². The molecule has 66 valence electrons. The van der Waals surface area contributed by atoms with Gasteiger partial charge in [0.2, 0.25) is 0 Å². The molecule has 0 saturated carbocycles. The van der Waals surface area contributed by atoms with Crippen molar-refractivity contribution in [3.05, 3.63) is 33.3 Å². The van der Waals surface area contributed by atoms with Crippen molar-refractivity contribution in [2.75, 3.05) is 0 Å². The van der Waals surface area contributed by atoms with Crippen molar-refractivity contribution in [1.82, 2.24) is 8.75 Å². The monoisotopic (exact) mass is 318 g/mol. The zero-order chi connectivity index (χ0) is 9.26. The molecule has 0 spiro atoms. The highest BCUT2D eigenvalue weighted by Crippen LogP contribution is 2.26. The van der Waals surface area contributed by atoms with Gasteiger partial charge in [0.1, 0.15) is 10.3 Å². The Bertz CT molecular complexity index is 410. The lowest BCUT2D eigenvalue weighted by atomic mass is 10.2. The molecule has 0 saturated heterocycles. The zero-order valence-electron chi connectivity index (χ0n) is 6.37. The Labute approximate surface area is 96.6 Å². The first-order chi connectivity index (χ1) is 6.27. The van der Waals surface area contributed by atoms with Crippen LogP contribution in [0.15, 0.2) is 33.3 Å². The third kappa shape index (κ3) is 1.98. The summed E-state index contributed by atoms with van der Waals surface area (Å²) in [5.41, 5.74) is 1.97. The molecule has 2 nitrogen and oxygen atoms in total. The lowest BCUT2D eigenvalue weighted by Crippen LogP contribution is -1.77. The van der Waals surface area contributed by atoms with E-state index >= 15 is 0 Å². The Morgan fingerprint density at radius 2 is 1.69 bits per heavy atom. The maximum atomic E-state index is 4.18. The molecule has 1 aromatic heterocycles. The second kappa shape index (κ2) is 3.86. The van der Waals surface area contributed by atoms with Crippen LogP contribution in [0.2, 0.25) is 0 Å². The summed E-state index contributed by atoms with van der Waals surface area (Å²) in [7, 11) is 0. The van der Waals surface area contributed by atoms with Crippen molar-refractivity contribution < 1.29 is 0 Å². The van der Waals surface area contributed by atoms with Gasteiger partial charge in [-0.15, -0.1) is 0 Å². The molecule has 1 heterocycles. The Kier molecular flexibility index (Phi) is 2.76. The number of aromatic nitrogens is 2. The fraction of sp³-hybridized carbons (Fsp3) is 0. The van der Waals surface area contributed by atoms with Crippen LogP contribution >= 0.6 is 43.6 Å². The molecule has 5 heteroatoms. The molecular formula is C8H4Br2N2S. The van der Waals surface area contributed by atoms with E-state index < -0.39 is 0 Å². The summed E-state index contributed by atoms with van der Waals surface area (Å²) in [5.74, 6) is 0. The SMILES string of the molecule is Brc1ccc(-c2nsnc2Br)cc1.